The topological polar surface area (TPSA) is 58.9 Å². The number of methoxy groups -OCH3 is 1. The first-order chi connectivity index (χ1) is 8.19. The van der Waals surface area contributed by atoms with Crippen LogP contribution in [0.5, 0.6) is 5.75 Å². The number of benzene rings is 1. The van der Waals surface area contributed by atoms with Gasteiger partial charge in [0, 0.05) is 12.2 Å². The Hall–Kier alpha value is -1.49. The predicted octanol–water partition coefficient (Wildman–Crippen LogP) is 1.84. The van der Waals surface area contributed by atoms with Crippen LogP contribution in [0.25, 0.3) is 0 Å². The van der Waals surface area contributed by atoms with Crippen LogP contribution in [-0.2, 0) is 11.2 Å². The number of hydrogen-bond acceptors (Lipinski definition) is 4. The van der Waals surface area contributed by atoms with Gasteiger partial charge in [-0.1, -0.05) is 12.1 Å². The van der Waals surface area contributed by atoms with Crippen LogP contribution in [0.1, 0.15) is 5.56 Å². The second kappa shape index (κ2) is 5.23. The summed E-state index contributed by atoms with van der Waals surface area (Å²) in [6.45, 7) is 0. The fraction of sp³-hybridized carbons (Fsp3) is 0.333. The molecule has 0 radical (unpaired) electrons. The number of ether oxygens (including phenoxy) is 1. The summed E-state index contributed by atoms with van der Waals surface area (Å²) in [6.07, 6.45) is 0.672. The molecule has 5 heteroatoms. The Kier molecular flexibility index (Phi) is 3.68. The van der Waals surface area contributed by atoms with E-state index >= 15 is 0 Å². The van der Waals surface area contributed by atoms with Crippen molar-refractivity contribution in [1.82, 2.24) is 0 Å². The minimum atomic E-state index is -0.849. The van der Waals surface area contributed by atoms with E-state index in [0.717, 1.165) is 16.4 Å². The van der Waals surface area contributed by atoms with E-state index in [0.29, 0.717) is 12.2 Å². The molecule has 0 saturated heterocycles. The van der Waals surface area contributed by atoms with Gasteiger partial charge in [-0.3, -0.25) is 4.99 Å². The molecule has 0 aromatic heterocycles. The molecule has 0 spiro atoms. The molecule has 1 aliphatic heterocycles. The maximum absolute atomic E-state index is 10.8. The van der Waals surface area contributed by atoms with Crippen molar-refractivity contribution < 1.29 is 14.6 Å². The van der Waals surface area contributed by atoms with Crippen LogP contribution in [0.2, 0.25) is 0 Å². The second-order valence-corrected chi connectivity index (χ2v) is 4.81. The molecule has 1 N–H and O–H groups in total. The van der Waals surface area contributed by atoms with Crippen molar-refractivity contribution in [3.8, 4) is 5.75 Å². The second-order valence-electron chi connectivity index (χ2n) is 3.72. The molecule has 4 nitrogen and oxygen atoms in total. The number of aliphatic imine (C=N–C) groups is 1. The first kappa shape index (κ1) is 12.0. The summed E-state index contributed by atoms with van der Waals surface area (Å²) in [5.74, 6) is 0.494. The minimum absolute atomic E-state index is 0.536. The van der Waals surface area contributed by atoms with Crippen molar-refractivity contribution in [2.24, 2.45) is 4.99 Å². The summed E-state index contributed by atoms with van der Waals surface area (Å²) in [5.41, 5.74) is 1.08. The number of nitrogens with zero attached hydrogens (tertiary/aromatic N) is 1. The largest absolute Gasteiger partial charge is 0.497 e. The van der Waals surface area contributed by atoms with Crippen LogP contribution in [0.15, 0.2) is 29.3 Å². The van der Waals surface area contributed by atoms with Crippen molar-refractivity contribution in [3.05, 3.63) is 29.8 Å². The van der Waals surface area contributed by atoms with Crippen LogP contribution in [-0.4, -0.2) is 35.0 Å². The minimum Gasteiger partial charge on any atom is -0.497 e. The Morgan fingerprint density at radius 1 is 1.65 bits per heavy atom. The van der Waals surface area contributed by atoms with Crippen LogP contribution >= 0.6 is 11.8 Å². The molecule has 0 saturated carbocycles. The molecule has 1 aliphatic rings. The lowest BCUT2D eigenvalue weighted by atomic mass is 10.1. The molecule has 0 fully saturated rings. The van der Waals surface area contributed by atoms with E-state index in [9.17, 15) is 4.79 Å². The normalized spacial score (nSPS) is 18.9. The number of hydrogen-bond donors (Lipinski definition) is 1. The predicted molar refractivity (Wildman–Crippen MR) is 68.0 cm³/mol. The van der Waals surface area contributed by atoms with E-state index in [1.54, 1.807) is 7.11 Å². The van der Waals surface area contributed by atoms with E-state index in [1.165, 1.54) is 11.8 Å². The van der Waals surface area contributed by atoms with E-state index < -0.39 is 12.0 Å². The quantitative estimate of drug-likeness (QED) is 0.887. The molecule has 0 bridgehead atoms. The zero-order valence-corrected chi connectivity index (χ0v) is 10.2. The van der Waals surface area contributed by atoms with Crippen LogP contribution < -0.4 is 4.74 Å². The standard InChI is InChI=1S/C12H13NO3S/c1-16-9-4-2-3-8(5-9)6-11-13-10(7-17-11)12(14)15/h2-5,10H,6-7H2,1H3,(H,14,15)/t10-/m0/s1. The average molecular weight is 251 g/mol. The Morgan fingerprint density at radius 3 is 3.12 bits per heavy atom. The molecule has 90 valence electrons. The Morgan fingerprint density at radius 2 is 2.47 bits per heavy atom. The Balaban J connectivity index is 2.06. The average Bonchev–Trinajstić information content (AvgIpc) is 2.78. The molecule has 1 heterocycles. The Labute approximate surface area is 104 Å². The summed E-state index contributed by atoms with van der Waals surface area (Å²) < 4.78 is 5.14. The maximum atomic E-state index is 10.8. The molecule has 0 amide bonds. The first-order valence-corrected chi connectivity index (χ1v) is 6.23. The van der Waals surface area contributed by atoms with E-state index in [1.807, 2.05) is 24.3 Å². The van der Waals surface area contributed by atoms with Gasteiger partial charge in [0.05, 0.1) is 12.2 Å². The fourth-order valence-electron chi connectivity index (χ4n) is 1.60. The summed E-state index contributed by atoms with van der Waals surface area (Å²) in [7, 11) is 1.63. The van der Waals surface area contributed by atoms with Crippen molar-refractivity contribution in [3.63, 3.8) is 0 Å². The number of carboxylic acid groups (broad SMARTS) is 1. The highest BCUT2D eigenvalue weighted by Crippen LogP contribution is 2.22. The van der Waals surface area contributed by atoms with Gasteiger partial charge in [0.2, 0.25) is 0 Å². The summed E-state index contributed by atoms with van der Waals surface area (Å²) in [5, 5.41) is 9.72. The van der Waals surface area contributed by atoms with Crippen molar-refractivity contribution in [2.75, 3.05) is 12.9 Å². The smallest absolute Gasteiger partial charge is 0.329 e. The molecule has 0 aliphatic carbocycles. The molecular weight excluding hydrogens is 238 g/mol. The Bertz CT molecular complexity index is 459. The SMILES string of the molecule is COc1cccc(CC2=N[C@H](C(=O)O)CS2)c1. The van der Waals surface area contributed by atoms with Gasteiger partial charge in [-0.15, -0.1) is 11.8 Å². The summed E-state index contributed by atoms with van der Waals surface area (Å²) >= 11 is 1.52. The van der Waals surface area contributed by atoms with Crippen molar-refractivity contribution >= 4 is 22.8 Å². The lowest BCUT2D eigenvalue weighted by Crippen LogP contribution is -2.17. The molecule has 1 aromatic carbocycles. The van der Waals surface area contributed by atoms with Gasteiger partial charge in [-0.05, 0) is 17.7 Å². The van der Waals surface area contributed by atoms with Gasteiger partial charge in [-0.2, -0.15) is 0 Å². The van der Waals surface area contributed by atoms with Gasteiger partial charge in [-0.25, -0.2) is 4.79 Å². The lowest BCUT2D eigenvalue weighted by molar-refractivity contribution is -0.137. The van der Waals surface area contributed by atoms with Gasteiger partial charge >= 0.3 is 5.97 Å². The summed E-state index contributed by atoms with van der Waals surface area (Å²) in [4.78, 5) is 14.9. The number of aliphatic carboxylic acids is 1. The highest BCUT2D eigenvalue weighted by Gasteiger charge is 2.24. The fourth-order valence-corrected chi connectivity index (χ4v) is 2.64. The van der Waals surface area contributed by atoms with Crippen molar-refractivity contribution in [1.29, 1.82) is 0 Å². The maximum Gasteiger partial charge on any atom is 0.329 e. The number of thioether (sulfide) groups is 1. The monoisotopic (exact) mass is 251 g/mol. The third kappa shape index (κ3) is 3.00. The first-order valence-electron chi connectivity index (χ1n) is 5.24. The molecule has 1 atom stereocenters. The van der Waals surface area contributed by atoms with Gasteiger partial charge < -0.3 is 9.84 Å². The summed E-state index contributed by atoms with van der Waals surface area (Å²) in [6, 6.07) is 7.15. The molecule has 1 aromatic rings. The molecule has 0 unspecified atom stereocenters. The third-order valence-electron chi connectivity index (χ3n) is 2.48. The zero-order chi connectivity index (χ0) is 12.3. The third-order valence-corrected chi connectivity index (χ3v) is 3.55. The highest BCUT2D eigenvalue weighted by molar-refractivity contribution is 8.14. The number of carbonyl (C=O) groups is 1. The number of carboxylic acids is 1. The van der Waals surface area contributed by atoms with Crippen molar-refractivity contribution in [2.45, 2.75) is 12.5 Å². The van der Waals surface area contributed by atoms with Crippen LogP contribution in [0.3, 0.4) is 0 Å². The van der Waals surface area contributed by atoms with E-state index in [2.05, 4.69) is 4.99 Å². The van der Waals surface area contributed by atoms with Crippen LogP contribution in [0, 0.1) is 0 Å². The molecular formula is C12H13NO3S. The van der Waals surface area contributed by atoms with E-state index in [-0.39, 0.29) is 0 Å². The lowest BCUT2D eigenvalue weighted by Gasteiger charge is -2.03. The van der Waals surface area contributed by atoms with E-state index in [4.69, 9.17) is 9.84 Å². The molecule has 2 rings (SSSR count). The van der Waals surface area contributed by atoms with Gasteiger partial charge in [0.15, 0.2) is 6.04 Å². The molecule has 17 heavy (non-hydrogen) atoms. The van der Waals surface area contributed by atoms with Gasteiger partial charge in [0.25, 0.3) is 0 Å². The van der Waals surface area contributed by atoms with Crippen LogP contribution in [0.4, 0.5) is 0 Å². The number of rotatable bonds is 4. The highest BCUT2D eigenvalue weighted by atomic mass is 32.2. The zero-order valence-electron chi connectivity index (χ0n) is 9.42. The van der Waals surface area contributed by atoms with Gasteiger partial charge in [0.1, 0.15) is 5.75 Å².